The molecule has 1 amide bonds. The first-order valence-corrected chi connectivity index (χ1v) is 4.44. The number of carbonyl (C=O) groups excluding carboxylic acids is 1. The topological polar surface area (TPSA) is 75.6 Å². The SMILES string of the molecule is CC(C)(C)COC(=O)NCCC(=O)O. The first-order chi connectivity index (χ1) is 6.31. The fourth-order valence-corrected chi connectivity index (χ4v) is 0.605. The lowest BCUT2D eigenvalue weighted by Gasteiger charge is -2.17. The van der Waals surface area contributed by atoms with Gasteiger partial charge in [0, 0.05) is 6.54 Å². The van der Waals surface area contributed by atoms with Crippen LogP contribution in [0.5, 0.6) is 0 Å². The maximum absolute atomic E-state index is 10.9. The van der Waals surface area contributed by atoms with Gasteiger partial charge in [0.2, 0.25) is 0 Å². The second-order valence-electron chi connectivity index (χ2n) is 4.21. The zero-order valence-corrected chi connectivity index (χ0v) is 8.79. The molecule has 0 fully saturated rings. The summed E-state index contributed by atoms with van der Waals surface area (Å²) in [5, 5.41) is 10.6. The summed E-state index contributed by atoms with van der Waals surface area (Å²) < 4.78 is 4.85. The number of amides is 1. The molecule has 0 aliphatic rings. The van der Waals surface area contributed by atoms with E-state index in [-0.39, 0.29) is 18.4 Å². The van der Waals surface area contributed by atoms with Crippen molar-refractivity contribution in [2.45, 2.75) is 27.2 Å². The van der Waals surface area contributed by atoms with Crippen LogP contribution < -0.4 is 5.32 Å². The largest absolute Gasteiger partial charge is 0.481 e. The van der Waals surface area contributed by atoms with Gasteiger partial charge in [0.05, 0.1) is 13.0 Å². The highest BCUT2D eigenvalue weighted by Crippen LogP contribution is 2.12. The molecule has 0 bridgehead atoms. The van der Waals surface area contributed by atoms with Crippen LogP contribution in [0, 0.1) is 5.41 Å². The van der Waals surface area contributed by atoms with E-state index in [1.807, 2.05) is 20.8 Å². The van der Waals surface area contributed by atoms with Crippen LogP contribution in [0.2, 0.25) is 0 Å². The molecule has 0 heterocycles. The van der Waals surface area contributed by atoms with E-state index in [2.05, 4.69) is 5.32 Å². The molecule has 0 atom stereocenters. The van der Waals surface area contributed by atoms with E-state index in [1.54, 1.807) is 0 Å². The molecule has 0 saturated carbocycles. The predicted molar refractivity (Wildman–Crippen MR) is 51.1 cm³/mol. The van der Waals surface area contributed by atoms with E-state index in [0.29, 0.717) is 6.61 Å². The van der Waals surface area contributed by atoms with E-state index in [0.717, 1.165) is 0 Å². The molecule has 0 rings (SSSR count). The number of carboxylic acid groups (broad SMARTS) is 1. The maximum atomic E-state index is 10.9. The number of carbonyl (C=O) groups is 2. The molecule has 0 aromatic heterocycles. The van der Waals surface area contributed by atoms with Crippen molar-refractivity contribution in [3.8, 4) is 0 Å². The molecule has 0 aliphatic carbocycles. The van der Waals surface area contributed by atoms with Crippen molar-refractivity contribution in [3.63, 3.8) is 0 Å². The molecule has 5 nitrogen and oxygen atoms in total. The Morgan fingerprint density at radius 3 is 2.36 bits per heavy atom. The number of aliphatic carboxylic acids is 1. The van der Waals surface area contributed by atoms with Crippen molar-refractivity contribution in [2.24, 2.45) is 5.41 Å². The summed E-state index contributed by atoms with van der Waals surface area (Å²) >= 11 is 0. The summed E-state index contributed by atoms with van der Waals surface area (Å²) in [6.07, 6.45) is -0.661. The molecule has 2 N–H and O–H groups in total. The van der Waals surface area contributed by atoms with Crippen LogP contribution >= 0.6 is 0 Å². The van der Waals surface area contributed by atoms with Gasteiger partial charge in [0.25, 0.3) is 0 Å². The molecule has 0 unspecified atom stereocenters. The zero-order chi connectivity index (χ0) is 11.2. The van der Waals surface area contributed by atoms with E-state index < -0.39 is 12.1 Å². The molecule has 0 aromatic carbocycles. The molecule has 14 heavy (non-hydrogen) atoms. The number of rotatable bonds is 4. The average molecular weight is 203 g/mol. The van der Waals surface area contributed by atoms with Gasteiger partial charge >= 0.3 is 12.1 Å². The Labute approximate surface area is 83.4 Å². The van der Waals surface area contributed by atoms with Crippen LogP contribution in [0.4, 0.5) is 4.79 Å². The van der Waals surface area contributed by atoms with Gasteiger partial charge in [0.1, 0.15) is 0 Å². The lowest BCUT2D eigenvalue weighted by atomic mass is 9.99. The Hall–Kier alpha value is -1.26. The summed E-state index contributed by atoms with van der Waals surface area (Å²) in [5.41, 5.74) is -0.0792. The van der Waals surface area contributed by atoms with Crippen molar-refractivity contribution in [1.29, 1.82) is 0 Å². The first kappa shape index (κ1) is 12.7. The third kappa shape index (κ3) is 8.83. The number of alkyl carbamates (subject to hydrolysis) is 1. The minimum atomic E-state index is -0.943. The lowest BCUT2D eigenvalue weighted by Crippen LogP contribution is -2.29. The fraction of sp³-hybridized carbons (Fsp3) is 0.778. The third-order valence-corrected chi connectivity index (χ3v) is 1.24. The molecule has 0 saturated heterocycles. The van der Waals surface area contributed by atoms with Crippen LogP contribution in [0.1, 0.15) is 27.2 Å². The minimum Gasteiger partial charge on any atom is -0.481 e. The summed E-state index contributed by atoms with van der Waals surface area (Å²) in [5.74, 6) is -0.943. The molecular weight excluding hydrogens is 186 g/mol. The normalized spacial score (nSPS) is 10.8. The summed E-state index contributed by atoms with van der Waals surface area (Å²) in [6, 6.07) is 0. The fourth-order valence-electron chi connectivity index (χ4n) is 0.605. The molecule has 0 radical (unpaired) electrons. The number of nitrogens with one attached hydrogen (secondary N) is 1. The van der Waals surface area contributed by atoms with Crippen LogP contribution in [0.15, 0.2) is 0 Å². The molecule has 5 heteroatoms. The van der Waals surface area contributed by atoms with Gasteiger partial charge in [-0.15, -0.1) is 0 Å². The quantitative estimate of drug-likeness (QED) is 0.720. The standard InChI is InChI=1S/C9H17NO4/c1-9(2,3)6-14-8(13)10-5-4-7(11)12/h4-6H2,1-3H3,(H,10,13)(H,11,12). The Balaban J connectivity index is 3.52. The molecule has 0 aromatic rings. The summed E-state index contributed by atoms with van der Waals surface area (Å²) in [4.78, 5) is 21.1. The third-order valence-electron chi connectivity index (χ3n) is 1.24. The lowest BCUT2D eigenvalue weighted by molar-refractivity contribution is -0.136. The van der Waals surface area contributed by atoms with Crippen LogP contribution in [-0.4, -0.2) is 30.3 Å². The molecule has 0 aliphatic heterocycles. The smallest absolute Gasteiger partial charge is 0.407 e. The van der Waals surface area contributed by atoms with Gasteiger partial charge < -0.3 is 15.2 Å². The van der Waals surface area contributed by atoms with E-state index in [9.17, 15) is 9.59 Å². The first-order valence-electron chi connectivity index (χ1n) is 4.44. The Bertz CT molecular complexity index is 207. The average Bonchev–Trinajstić information content (AvgIpc) is 1.99. The van der Waals surface area contributed by atoms with Gasteiger partial charge in [-0.05, 0) is 5.41 Å². The van der Waals surface area contributed by atoms with Crippen LogP contribution in [-0.2, 0) is 9.53 Å². The van der Waals surface area contributed by atoms with Crippen molar-refractivity contribution < 1.29 is 19.4 Å². The molecule has 82 valence electrons. The molecule has 0 spiro atoms. The number of hydrogen-bond donors (Lipinski definition) is 2. The van der Waals surface area contributed by atoms with E-state index in [1.165, 1.54) is 0 Å². The minimum absolute atomic E-state index is 0.0792. The van der Waals surface area contributed by atoms with E-state index in [4.69, 9.17) is 9.84 Å². The van der Waals surface area contributed by atoms with Gasteiger partial charge in [-0.1, -0.05) is 20.8 Å². The van der Waals surface area contributed by atoms with Gasteiger partial charge in [-0.25, -0.2) is 4.79 Å². The highest BCUT2D eigenvalue weighted by atomic mass is 16.5. The van der Waals surface area contributed by atoms with Crippen molar-refractivity contribution in [2.75, 3.05) is 13.2 Å². The predicted octanol–water partition coefficient (Wildman–Crippen LogP) is 1.23. The second kappa shape index (κ2) is 5.47. The summed E-state index contributed by atoms with van der Waals surface area (Å²) in [6.45, 7) is 6.23. The maximum Gasteiger partial charge on any atom is 0.407 e. The van der Waals surface area contributed by atoms with Crippen LogP contribution in [0.25, 0.3) is 0 Å². The van der Waals surface area contributed by atoms with Crippen molar-refractivity contribution in [3.05, 3.63) is 0 Å². The Morgan fingerprint density at radius 1 is 1.36 bits per heavy atom. The summed E-state index contributed by atoms with van der Waals surface area (Å²) in [7, 11) is 0. The van der Waals surface area contributed by atoms with Gasteiger partial charge in [-0.2, -0.15) is 0 Å². The number of ether oxygens (including phenoxy) is 1. The highest BCUT2D eigenvalue weighted by molar-refractivity contribution is 5.70. The second-order valence-corrected chi connectivity index (χ2v) is 4.21. The highest BCUT2D eigenvalue weighted by Gasteiger charge is 2.13. The van der Waals surface area contributed by atoms with Crippen molar-refractivity contribution in [1.82, 2.24) is 5.32 Å². The Morgan fingerprint density at radius 2 is 1.93 bits per heavy atom. The number of carboxylic acids is 1. The zero-order valence-electron chi connectivity index (χ0n) is 8.79. The number of hydrogen-bond acceptors (Lipinski definition) is 3. The molecular formula is C9H17NO4. The van der Waals surface area contributed by atoms with Crippen molar-refractivity contribution >= 4 is 12.1 Å². The Kier molecular flexibility index (Phi) is 4.97. The van der Waals surface area contributed by atoms with Gasteiger partial charge in [-0.3, -0.25) is 4.79 Å². The monoisotopic (exact) mass is 203 g/mol. The van der Waals surface area contributed by atoms with Crippen LogP contribution in [0.3, 0.4) is 0 Å². The van der Waals surface area contributed by atoms with E-state index >= 15 is 0 Å². The van der Waals surface area contributed by atoms with Gasteiger partial charge in [0.15, 0.2) is 0 Å².